The van der Waals surface area contributed by atoms with E-state index in [1.54, 1.807) is 17.7 Å². The molecule has 3 aromatic rings. The average molecular weight is 377 g/mol. The van der Waals surface area contributed by atoms with Gasteiger partial charge in [0.2, 0.25) is 0 Å². The third-order valence-electron chi connectivity index (χ3n) is 3.76. The first-order valence-corrected chi connectivity index (χ1v) is 8.54. The van der Waals surface area contributed by atoms with Crippen molar-refractivity contribution < 1.29 is 4.79 Å². The van der Waals surface area contributed by atoms with Gasteiger partial charge in [-0.2, -0.15) is 0 Å². The number of rotatable bonds is 3. The maximum absolute atomic E-state index is 12.4. The topological polar surface area (TPSA) is 69.8 Å². The third-order valence-corrected chi connectivity index (χ3v) is 6.13. The molecule has 22 heavy (non-hydrogen) atoms. The molecular weight excluding hydrogens is 364 g/mol. The van der Waals surface area contributed by atoms with Crippen LogP contribution in [0, 0.1) is 0 Å². The zero-order chi connectivity index (χ0) is 15.1. The predicted octanol–water partition coefficient (Wildman–Crippen LogP) is 2.92. The number of nitrogens with one attached hydrogen (secondary N) is 3. The Bertz CT molecular complexity index is 870. The van der Waals surface area contributed by atoms with Crippen molar-refractivity contribution in [1.29, 1.82) is 0 Å². The van der Waals surface area contributed by atoms with E-state index in [0.717, 1.165) is 39.0 Å². The molecule has 2 aromatic heterocycles. The molecule has 0 saturated heterocycles. The van der Waals surface area contributed by atoms with Crippen LogP contribution in [0.4, 0.5) is 0 Å². The molecule has 1 aliphatic rings. The lowest BCUT2D eigenvalue weighted by Gasteiger charge is -2.05. The van der Waals surface area contributed by atoms with E-state index in [-0.39, 0.29) is 5.91 Å². The number of thiophene rings is 1. The highest BCUT2D eigenvalue weighted by atomic mass is 79.9. The monoisotopic (exact) mass is 376 g/mol. The number of carbonyl (C=O) groups excluding carboxylic acids is 1. The van der Waals surface area contributed by atoms with Gasteiger partial charge in [0.15, 0.2) is 0 Å². The molecule has 0 bridgehead atoms. The molecule has 0 spiro atoms. The van der Waals surface area contributed by atoms with Crippen molar-refractivity contribution in [3.63, 3.8) is 0 Å². The minimum absolute atomic E-state index is 0.0315. The molecule has 4 rings (SSSR count). The third kappa shape index (κ3) is 2.35. The molecule has 112 valence electrons. The van der Waals surface area contributed by atoms with Crippen molar-refractivity contribution in [3.05, 3.63) is 49.9 Å². The number of imidazole rings is 1. The zero-order valence-corrected chi connectivity index (χ0v) is 14.0. The largest absolute Gasteiger partial charge is 0.347 e. The van der Waals surface area contributed by atoms with Crippen LogP contribution < -0.4 is 10.6 Å². The molecule has 1 aliphatic heterocycles. The second-order valence-electron chi connectivity index (χ2n) is 5.19. The summed E-state index contributed by atoms with van der Waals surface area (Å²) in [6.45, 7) is 2.18. The van der Waals surface area contributed by atoms with Gasteiger partial charge in [-0.05, 0) is 39.2 Å². The summed E-state index contributed by atoms with van der Waals surface area (Å²) in [6.07, 6.45) is 1.67. The quantitative estimate of drug-likeness (QED) is 0.658. The minimum atomic E-state index is -0.0315. The molecule has 7 heteroatoms. The lowest BCUT2D eigenvalue weighted by Crippen LogP contribution is -2.22. The fraction of sp³-hybridized carbons (Fsp3) is 0.200. The molecule has 0 unspecified atom stereocenters. The van der Waals surface area contributed by atoms with Gasteiger partial charge in [0, 0.05) is 29.0 Å². The number of carbonyl (C=O) groups is 1. The van der Waals surface area contributed by atoms with E-state index in [0.29, 0.717) is 6.54 Å². The Morgan fingerprint density at radius 3 is 3.18 bits per heavy atom. The van der Waals surface area contributed by atoms with Crippen LogP contribution in [0.15, 0.2) is 29.0 Å². The van der Waals surface area contributed by atoms with Gasteiger partial charge in [-0.25, -0.2) is 4.98 Å². The van der Waals surface area contributed by atoms with Crippen LogP contribution in [0.25, 0.3) is 11.0 Å². The van der Waals surface area contributed by atoms with Crippen molar-refractivity contribution >= 4 is 44.2 Å². The van der Waals surface area contributed by atoms with Crippen molar-refractivity contribution in [1.82, 2.24) is 20.6 Å². The highest BCUT2D eigenvalue weighted by molar-refractivity contribution is 9.10. The van der Waals surface area contributed by atoms with Gasteiger partial charge in [-0.3, -0.25) is 4.79 Å². The van der Waals surface area contributed by atoms with E-state index < -0.39 is 0 Å². The van der Waals surface area contributed by atoms with Crippen molar-refractivity contribution in [2.75, 3.05) is 0 Å². The Balaban J connectivity index is 1.50. The average Bonchev–Trinajstić information content (AvgIpc) is 3.22. The molecule has 0 atom stereocenters. The first-order chi connectivity index (χ1) is 10.7. The number of amides is 1. The number of halogens is 1. The molecule has 0 aliphatic carbocycles. The van der Waals surface area contributed by atoms with E-state index in [4.69, 9.17) is 0 Å². The van der Waals surface area contributed by atoms with Crippen LogP contribution in [0.3, 0.4) is 0 Å². The molecule has 0 radical (unpaired) electrons. The highest BCUT2D eigenvalue weighted by Gasteiger charge is 2.23. The molecule has 3 N–H and O–H groups in total. The number of hydrogen-bond donors (Lipinski definition) is 3. The summed E-state index contributed by atoms with van der Waals surface area (Å²) in [6, 6.07) is 5.95. The lowest BCUT2D eigenvalue weighted by atomic mass is 10.2. The fourth-order valence-corrected chi connectivity index (χ4v) is 4.64. The second kappa shape index (κ2) is 5.49. The fourth-order valence-electron chi connectivity index (χ4n) is 2.61. The lowest BCUT2D eigenvalue weighted by molar-refractivity contribution is 0.0954. The predicted molar refractivity (Wildman–Crippen MR) is 89.8 cm³/mol. The summed E-state index contributed by atoms with van der Waals surface area (Å²) in [5, 5.41) is 6.27. The van der Waals surface area contributed by atoms with Gasteiger partial charge in [0.05, 0.1) is 17.4 Å². The summed E-state index contributed by atoms with van der Waals surface area (Å²) in [5.41, 5.74) is 4.18. The summed E-state index contributed by atoms with van der Waals surface area (Å²) >= 11 is 5.11. The molecule has 0 saturated carbocycles. The van der Waals surface area contributed by atoms with E-state index in [1.165, 1.54) is 10.4 Å². The number of nitrogens with zero attached hydrogens (tertiary/aromatic N) is 1. The number of aromatic nitrogens is 2. The van der Waals surface area contributed by atoms with Crippen LogP contribution >= 0.6 is 27.3 Å². The van der Waals surface area contributed by atoms with E-state index in [9.17, 15) is 4.79 Å². The van der Waals surface area contributed by atoms with Crippen molar-refractivity contribution in [2.45, 2.75) is 19.6 Å². The number of H-pyrrole nitrogens is 1. The normalized spacial score (nSPS) is 13.5. The smallest absolute Gasteiger partial charge is 0.262 e. The van der Waals surface area contributed by atoms with Crippen LogP contribution in [0.5, 0.6) is 0 Å². The zero-order valence-electron chi connectivity index (χ0n) is 11.6. The van der Waals surface area contributed by atoms with Gasteiger partial charge in [-0.15, -0.1) is 11.3 Å². The van der Waals surface area contributed by atoms with Crippen LogP contribution in [-0.4, -0.2) is 15.9 Å². The first-order valence-electron chi connectivity index (χ1n) is 6.93. The maximum atomic E-state index is 12.4. The highest BCUT2D eigenvalue weighted by Crippen LogP contribution is 2.35. The second-order valence-corrected chi connectivity index (χ2v) is 7.09. The summed E-state index contributed by atoms with van der Waals surface area (Å²) in [5.74, 6) is -0.0315. The minimum Gasteiger partial charge on any atom is -0.347 e. The van der Waals surface area contributed by atoms with Gasteiger partial charge in [-0.1, -0.05) is 6.07 Å². The summed E-state index contributed by atoms with van der Waals surface area (Å²) in [4.78, 5) is 21.7. The molecule has 1 aromatic carbocycles. The van der Waals surface area contributed by atoms with E-state index in [2.05, 4.69) is 36.5 Å². The molecule has 5 nitrogen and oxygen atoms in total. The SMILES string of the molecule is O=C(NCc1ccc2nc[nH]c2c1)c1sc2c(c1Br)CNC2. The molecule has 3 heterocycles. The Morgan fingerprint density at radius 2 is 2.32 bits per heavy atom. The van der Waals surface area contributed by atoms with E-state index in [1.807, 2.05) is 18.2 Å². The molecule has 1 amide bonds. The Morgan fingerprint density at radius 1 is 1.41 bits per heavy atom. The standard InChI is InChI=1S/C15H13BrN4OS/c16-13-9-5-17-6-12(9)22-14(13)15(21)18-4-8-1-2-10-11(3-8)20-7-19-10/h1-3,7,17H,4-6H2,(H,18,21)(H,19,20). The maximum Gasteiger partial charge on any atom is 0.262 e. The van der Waals surface area contributed by atoms with Crippen molar-refractivity contribution in [2.24, 2.45) is 0 Å². The number of aromatic amines is 1. The van der Waals surface area contributed by atoms with Crippen LogP contribution in [-0.2, 0) is 19.6 Å². The summed E-state index contributed by atoms with van der Waals surface area (Å²) in [7, 11) is 0. The Hall–Kier alpha value is -1.70. The van der Waals surface area contributed by atoms with Gasteiger partial charge in [0.25, 0.3) is 5.91 Å². The Kier molecular flexibility index (Phi) is 3.48. The number of benzene rings is 1. The van der Waals surface area contributed by atoms with Crippen LogP contribution in [0.2, 0.25) is 0 Å². The number of fused-ring (bicyclic) bond motifs is 2. The Labute approximate surface area is 139 Å². The summed E-state index contributed by atoms with van der Waals surface area (Å²) < 4.78 is 0.930. The first kappa shape index (κ1) is 13.9. The van der Waals surface area contributed by atoms with Gasteiger partial charge < -0.3 is 15.6 Å². The van der Waals surface area contributed by atoms with Crippen LogP contribution in [0.1, 0.15) is 25.7 Å². The molecule has 0 fully saturated rings. The van der Waals surface area contributed by atoms with Crippen molar-refractivity contribution in [3.8, 4) is 0 Å². The van der Waals surface area contributed by atoms with Gasteiger partial charge in [0.1, 0.15) is 4.88 Å². The number of hydrogen-bond acceptors (Lipinski definition) is 4. The van der Waals surface area contributed by atoms with E-state index >= 15 is 0 Å². The molecular formula is C15H13BrN4OS. The van der Waals surface area contributed by atoms with Gasteiger partial charge >= 0.3 is 0 Å².